The van der Waals surface area contributed by atoms with Gasteiger partial charge in [0.2, 0.25) is 5.91 Å². The van der Waals surface area contributed by atoms with E-state index in [0.717, 1.165) is 12.1 Å². The van der Waals surface area contributed by atoms with E-state index in [-0.39, 0.29) is 29.6 Å². The Balaban J connectivity index is 2.22. The Kier molecular flexibility index (Phi) is 4.73. The number of benzene rings is 1. The number of piperidine rings is 1. The first-order valence-electron chi connectivity index (χ1n) is 6.98. The van der Waals surface area contributed by atoms with E-state index in [1.807, 2.05) is 6.92 Å². The fourth-order valence-corrected chi connectivity index (χ4v) is 2.64. The van der Waals surface area contributed by atoms with Gasteiger partial charge in [0.25, 0.3) is 0 Å². The smallest absolute Gasteiger partial charge is 0.224 e. The predicted octanol–water partition coefficient (Wildman–Crippen LogP) is 2.19. The van der Waals surface area contributed by atoms with Crippen molar-refractivity contribution in [1.82, 2.24) is 5.32 Å². The summed E-state index contributed by atoms with van der Waals surface area (Å²) in [7, 11) is 0. The lowest BCUT2D eigenvalue weighted by Crippen LogP contribution is -2.43. The van der Waals surface area contributed by atoms with Gasteiger partial charge in [0, 0.05) is 19.6 Å². The molecule has 1 heterocycles. The highest BCUT2D eigenvalue weighted by Crippen LogP contribution is 2.29. The number of nitriles is 1. The molecular weight excluding hydrogens is 276 g/mol. The van der Waals surface area contributed by atoms with Gasteiger partial charge in [0.1, 0.15) is 5.69 Å². The molecule has 0 bridgehead atoms. The second-order valence-electron chi connectivity index (χ2n) is 5.08. The van der Waals surface area contributed by atoms with Crippen molar-refractivity contribution < 1.29 is 13.6 Å². The summed E-state index contributed by atoms with van der Waals surface area (Å²) < 4.78 is 28.1. The molecule has 2 rings (SSSR count). The van der Waals surface area contributed by atoms with Crippen LogP contribution in [0.5, 0.6) is 0 Å². The molecule has 1 saturated heterocycles. The molecule has 1 N–H and O–H groups in total. The summed E-state index contributed by atoms with van der Waals surface area (Å²) in [5.41, 5.74) is -0.200. The van der Waals surface area contributed by atoms with Crippen molar-refractivity contribution >= 4 is 11.6 Å². The van der Waals surface area contributed by atoms with Crippen LogP contribution < -0.4 is 10.2 Å². The number of halogens is 2. The quantitative estimate of drug-likeness (QED) is 0.929. The Morgan fingerprint density at radius 1 is 1.48 bits per heavy atom. The van der Waals surface area contributed by atoms with Crippen LogP contribution in [-0.2, 0) is 4.79 Å². The van der Waals surface area contributed by atoms with Crippen LogP contribution in [0.15, 0.2) is 12.1 Å². The standard InChI is InChI=1S/C15H17F2N3O/c1-2-19-15(21)11-4-3-5-20(9-11)14-12(16)6-10(8-18)7-13(14)17/h6-7,11H,2-5,9H2,1H3,(H,19,21)/t11-/m1/s1. The number of anilines is 1. The van der Waals surface area contributed by atoms with Crippen molar-refractivity contribution in [2.75, 3.05) is 24.5 Å². The fraction of sp³-hybridized carbons (Fsp3) is 0.467. The fourth-order valence-electron chi connectivity index (χ4n) is 2.64. The van der Waals surface area contributed by atoms with Crippen LogP contribution in [0.1, 0.15) is 25.3 Å². The number of carbonyl (C=O) groups is 1. The van der Waals surface area contributed by atoms with E-state index >= 15 is 0 Å². The van der Waals surface area contributed by atoms with Crippen molar-refractivity contribution in [3.63, 3.8) is 0 Å². The number of hydrogen-bond donors (Lipinski definition) is 1. The normalized spacial score (nSPS) is 18.2. The molecule has 1 aromatic rings. The number of carbonyl (C=O) groups excluding carboxylic acids is 1. The summed E-state index contributed by atoms with van der Waals surface area (Å²) in [4.78, 5) is 13.4. The molecule has 1 aliphatic heterocycles. The molecule has 0 unspecified atom stereocenters. The first-order valence-corrected chi connectivity index (χ1v) is 6.98. The van der Waals surface area contributed by atoms with Crippen LogP contribution in [0.4, 0.5) is 14.5 Å². The van der Waals surface area contributed by atoms with Crippen LogP contribution in [0.25, 0.3) is 0 Å². The Labute approximate surface area is 122 Å². The summed E-state index contributed by atoms with van der Waals surface area (Å²) in [6.07, 6.45) is 1.41. The minimum absolute atomic E-state index is 0.0500. The maximum absolute atomic E-state index is 14.0. The topological polar surface area (TPSA) is 56.1 Å². The van der Waals surface area contributed by atoms with E-state index in [1.165, 1.54) is 0 Å². The lowest BCUT2D eigenvalue weighted by Gasteiger charge is -2.34. The Bertz CT molecular complexity index is 560. The molecule has 1 aliphatic rings. The van der Waals surface area contributed by atoms with Gasteiger partial charge in [-0.2, -0.15) is 5.26 Å². The Hall–Kier alpha value is -2.16. The Morgan fingerprint density at radius 3 is 2.71 bits per heavy atom. The zero-order valence-corrected chi connectivity index (χ0v) is 11.8. The molecule has 1 fully saturated rings. The van der Waals surface area contributed by atoms with Crippen molar-refractivity contribution in [3.8, 4) is 6.07 Å². The van der Waals surface area contributed by atoms with Crippen molar-refractivity contribution in [3.05, 3.63) is 29.3 Å². The lowest BCUT2D eigenvalue weighted by molar-refractivity contribution is -0.125. The van der Waals surface area contributed by atoms with Gasteiger partial charge in [-0.3, -0.25) is 4.79 Å². The second kappa shape index (κ2) is 6.53. The van der Waals surface area contributed by atoms with Crippen LogP contribution in [0.2, 0.25) is 0 Å². The highest BCUT2D eigenvalue weighted by atomic mass is 19.1. The molecule has 1 amide bonds. The van der Waals surface area contributed by atoms with E-state index < -0.39 is 11.6 Å². The van der Waals surface area contributed by atoms with E-state index in [9.17, 15) is 13.6 Å². The SMILES string of the molecule is CCNC(=O)[C@@H]1CCCN(c2c(F)cc(C#N)cc2F)C1. The predicted molar refractivity (Wildman–Crippen MR) is 74.7 cm³/mol. The first kappa shape index (κ1) is 15.2. The van der Waals surface area contributed by atoms with Gasteiger partial charge in [0.15, 0.2) is 11.6 Å². The van der Waals surface area contributed by atoms with Gasteiger partial charge >= 0.3 is 0 Å². The Morgan fingerprint density at radius 2 is 2.14 bits per heavy atom. The third-order valence-electron chi connectivity index (χ3n) is 3.61. The summed E-state index contributed by atoms with van der Waals surface area (Å²) in [6.45, 7) is 3.15. The van der Waals surface area contributed by atoms with Crippen LogP contribution in [0, 0.1) is 28.9 Å². The lowest BCUT2D eigenvalue weighted by atomic mass is 9.96. The number of nitrogens with zero attached hydrogens (tertiary/aromatic N) is 2. The van der Waals surface area contributed by atoms with E-state index in [2.05, 4.69) is 5.32 Å². The molecule has 4 nitrogen and oxygen atoms in total. The summed E-state index contributed by atoms with van der Waals surface area (Å²) in [5, 5.41) is 11.5. The third-order valence-corrected chi connectivity index (χ3v) is 3.61. The number of nitrogens with one attached hydrogen (secondary N) is 1. The van der Waals surface area contributed by atoms with Crippen LogP contribution in [-0.4, -0.2) is 25.5 Å². The molecular formula is C15H17F2N3O. The molecule has 6 heteroatoms. The maximum atomic E-state index is 14.0. The number of rotatable bonds is 3. The molecule has 0 radical (unpaired) electrons. The minimum Gasteiger partial charge on any atom is -0.366 e. The molecule has 0 saturated carbocycles. The van der Waals surface area contributed by atoms with Crippen molar-refractivity contribution in [1.29, 1.82) is 5.26 Å². The van der Waals surface area contributed by atoms with Crippen molar-refractivity contribution in [2.45, 2.75) is 19.8 Å². The minimum atomic E-state index is -0.761. The van der Waals surface area contributed by atoms with Gasteiger partial charge in [0.05, 0.1) is 17.6 Å². The molecule has 112 valence electrons. The average Bonchev–Trinajstić information content (AvgIpc) is 2.47. The second-order valence-corrected chi connectivity index (χ2v) is 5.08. The molecule has 1 aromatic carbocycles. The van der Waals surface area contributed by atoms with Gasteiger partial charge in [-0.1, -0.05) is 0 Å². The summed E-state index contributed by atoms with van der Waals surface area (Å²) in [5.74, 6) is -1.88. The highest BCUT2D eigenvalue weighted by Gasteiger charge is 2.28. The van der Waals surface area contributed by atoms with Gasteiger partial charge in [-0.15, -0.1) is 0 Å². The van der Waals surface area contributed by atoms with Crippen LogP contribution in [0.3, 0.4) is 0 Å². The van der Waals surface area contributed by atoms with Gasteiger partial charge < -0.3 is 10.2 Å². The summed E-state index contributed by atoms with van der Waals surface area (Å²) >= 11 is 0. The molecule has 1 atom stereocenters. The van der Waals surface area contributed by atoms with Crippen LogP contribution >= 0.6 is 0 Å². The maximum Gasteiger partial charge on any atom is 0.224 e. The van der Waals surface area contributed by atoms with E-state index in [4.69, 9.17) is 5.26 Å². The first-order chi connectivity index (χ1) is 10.1. The molecule has 0 aromatic heterocycles. The highest BCUT2D eigenvalue weighted by molar-refractivity contribution is 5.79. The largest absolute Gasteiger partial charge is 0.366 e. The van der Waals surface area contributed by atoms with E-state index in [1.54, 1.807) is 11.0 Å². The van der Waals surface area contributed by atoms with Gasteiger partial charge in [-0.25, -0.2) is 8.78 Å². The molecule has 0 aliphatic carbocycles. The van der Waals surface area contributed by atoms with Crippen molar-refractivity contribution in [2.24, 2.45) is 5.92 Å². The third kappa shape index (κ3) is 3.30. The number of amides is 1. The molecule has 21 heavy (non-hydrogen) atoms. The zero-order chi connectivity index (χ0) is 15.4. The monoisotopic (exact) mass is 293 g/mol. The van der Waals surface area contributed by atoms with Gasteiger partial charge in [-0.05, 0) is 31.9 Å². The summed E-state index contributed by atoms with van der Waals surface area (Å²) in [6, 6.07) is 3.76. The number of hydrogen-bond acceptors (Lipinski definition) is 3. The molecule has 0 spiro atoms. The zero-order valence-electron chi connectivity index (χ0n) is 11.8. The van der Waals surface area contributed by atoms with E-state index in [0.29, 0.717) is 25.9 Å². The average molecular weight is 293 g/mol.